The van der Waals surface area contributed by atoms with Gasteiger partial charge in [0.1, 0.15) is 0 Å². The van der Waals surface area contributed by atoms with Crippen LogP contribution in [-0.2, 0) is 6.42 Å². The number of nitrogens with zero attached hydrogens (tertiary/aromatic N) is 1. The fourth-order valence-corrected chi connectivity index (χ4v) is 2.75. The topological polar surface area (TPSA) is 24.9 Å². The van der Waals surface area contributed by atoms with E-state index in [0.717, 1.165) is 17.2 Å². The van der Waals surface area contributed by atoms with E-state index in [9.17, 15) is 0 Å². The Labute approximate surface area is 107 Å². The molecule has 1 unspecified atom stereocenters. The van der Waals surface area contributed by atoms with Crippen LogP contribution in [0, 0.1) is 6.92 Å². The van der Waals surface area contributed by atoms with Crippen LogP contribution in [0.5, 0.6) is 0 Å². The molecular weight excluding hydrogens is 228 g/mol. The lowest BCUT2D eigenvalue weighted by Crippen LogP contribution is -2.07. The van der Waals surface area contributed by atoms with Crippen molar-refractivity contribution < 1.29 is 0 Å². The van der Waals surface area contributed by atoms with Crippen LogP contribution in [0.15, 0.2) is 29.6 Å². The van der Waals surface area contributed by atoms with Gasteiger partial charge in [-0.1, -0.05) is 31.2 Å². The monoisotopic (exact) mass is 246 g/mol. The highest BCUT2D eigenvalue weighted by atomic mass is 32.1. The van der Waals surface area contributed by atoms with Crippen LogP contribution in [0.3, 0.4) is 0 Å². The summed E-state index contributed by atoms with van der Waals surface area (Å²) in [5.74, 6) is 0. The molecule has 17 heavy (non-hydrogen) atoms. The summed E-state index contributed by atoms with van der Waals surface area (Å²) in [6.07, 6.45) is 0.997. The normalized spacial score (nSPS) is 12.4. The SMILES string of the molecule is CCc1csc(NC(C)c2ccccc2C)n1. The van der Waals surface area contributed by atoms with E-state index in [0.29, 0.717) is 6.04 Å². The maximum absolute atomic E-state index is 4.53. The third-order valence-corrected chi connectivity index (χ3v) is 3.73. The molecule has 90 valence electrons. The van der Waals surface area contributed by atoms with Gasteiger partial charge in [0, 0.05) is 5.38 Å². The van der Waals surface area contributed by atoms with Crippen LogP contribution < -0.4 is 5.32 Å². The molecule has 1 aromatic carbocycles. The third kappa shape index (κ3) is 2.86. The van der Waals surface area contributed by atoms with Gasteiger partial charge in [-0.3, -0.25) is 0 Å². The highest BCUT2D eigenvalue weighted by Crippen LogP contribution is 2.24. The van der Waals surface area contributed by atoms with Crippen LogP contribution in [0.4, 0.5) is 5.13 Å². The molecule has 2 aromatic rings. The molecule has 0 aliphatic carbocycles. The van der Waals surface area contributed by atoms with Crippen LogP contribution in [0.1, 0.15) is 36.7 Å². The Morgan fingerprint density at radius 2 is 2.12 bits per heavy atom. The predicted molar refractivity (Wildman–Crippen MR) is 74.7 cm³/mol. The molecule has 1 heterocycles. The summed E-state index contributed by atoms with van der Waals surface area (Å²) >= 11 is 1.68. The molecule has 3 heteroatoms. The Hall–Kier alpha value is -1.35. The van der Waals surface area contributed by atoms with E-state index in [1.807, 2.05) is 0 Å². The van der Waals surface area contributed by atoms with E-state index in [-0.39, 0.29) is 0 Å². The molecule has 2 nitrogen and oxygen atoms in total. The molecule has 0 aliphatic rings. The van der Waals surface area contributed by atoms with Gasteiger partial charge in [-0.25, -0.2) is 4.98 Å². The Morgan fingerprint density at radius 3 is 2.76 bits per heavy atom. The van der Waals surface area contributed by atoms with E-state index < -0.39 is 0 Å². The molecule has 0 aliphatic heterocycles. The number of hydrogen-bond donors (Lipinski definition) is 1. The van der Waals surface area contributed by atoms with E-state index in [1.54, 1.807) is 11.3 Å². The maximum Gasteiger partial charge on any atom is 0.183 e. The number of benzene rings is 1. The number of aryl methyl sites for hydroxylation is 2. The highest BCUT2D eigenvalue weighted by molar-refractivity contribution is 7.13. The van der Waals surface area contributed by atoms with Gasteiger partial charge < -0.3 is 5.32 Å². The zero-order valence-corrected chi connectivity index (χ0v) is 11.3. The van der Waals surface area contributed by atoms with Crippen molar-refractivity contribution in [2.24, 2.45) is 0 Å². The van der Waals surface area contributed by atoms with Crippen molar-refractivity contribution in [2.45, 2.75) is 33.2 Å². The molecule has 1 N–H and O–H groups in total. The number of nitrogens with one attached hydrogen (secondary N) is 1. The molecule has 0 amide bonds. The Kier molecular flexibility index (Phi) is 3.79. The minimum absolute atomic E-state index is 0.298. The van der Waals surface area contributed by atoms with Crippen molar-refractivity contribution in [1.82, 2.24) is 4.98 Å². The van der Waals surface area contributed by atoms with E-state index in [4.69, 9.17) is 0 Å². The summed E-state index contributed by atoms with van der Waals surface area (Å²) < 4.78 is 0. The van der Waals surface area contributed by atoms with Gasteiger partial charge >= 0.3 is 0 Å². The minimum atomic E-state index is 0.298. The second-order valence-corrected chi connectivity index (χ2v) is 5.08. The first-order valence-corrected chi connectivity index (χ1v) is 6.85. The second-order valence-electron chi connectivity index (χ2n) is 4.22. The molecule has 0 fully saturated rings. The zero-order chi connectivity index (χ0) is 12.3. The summed E-state index contributed by atoms with van der Waals surface area (Å²) in [6.45, 7) is 6.45. The molecule has 0 bridgehead atoms. The number of hydrogen-bond acceptors (Lipinski definition) is 3. The number of thiazole rings is 1. The molecule has 2 rings (SSSR count). The van der Waals surface area contributed by atoms with Gasteiger partial charge in [0.05, 0.1) is 11.7 Å². The molecule has 0 radical (unpaired) electrons. The minimum Gasteiger partial charge on any atom is -0.355 e. The lowest BCUT2D eigenvalue weighted by atomic mass is 10.0. The summed E-state index contributed by atoms with van der Waals surface area (Å²) in [4.78, 5) is 4.53. The van der Waals surface area contributed by atoms with E-state index in [2.05, 4.69) is 60.7 Å². The standard InChI is InChI=1S/C14H18N2S/c1-4-12-9-17-14(16-12)15-11(3)13-8-6-5-7-10(13)2/h5-9,11H,4H2,1-3H3,(H,15,16). The van der Waals surface area contributed by atoms with Crippen molar-refractivity contribution in [1.29, 1.82) is 0 Å². The quantitative estimate of drug-likeness (QED) is 0.875. The summed E-state index contributed by atoms with van der Waals surface area (Å²) in [7, 11) is 0. The average molecular weight is 246 g/mol. The highest BCUT2D eigenvalue weighted by Gasteiger charge is 2.09. The predicted octanol–water partition coefficient (Wildman–Crippen LogP) is 4.19. The van der Waals surface area contributed by atoms with Gasteiger partial charge in [0.15, 0.2) is 5.13 Å². The lowest BCUT2D eigenvalue weighted by Gasteiger charge is -2.15. The van der Waals surface area contributed by atoms with Gasteiger partial charge in [-0.2, -0.15) is 0 Å². The van der Waals surface area contributed by atoms with Gasteiger partial charge in [0.2, 0.25) is 0 Å². The average Bonchev–Trinajstić information content (AvgIpc) is 2.77. The molecule has 1 aromatic heterocycles. The first-order chi connectivity index (χ1) is 8.20. The van der Waals surface area contributed by atoms with Crippen LogP contribution in [0.2, 0.25) is 0 Å². The van der Waals surface area contributed by atoms with Crippen LogP contribution in [-0.4, -0.2) is 4.98 Å². The maximum atomic E-state index is 4.53. The first-order valence-electron chi connectivity index (χ1n) is 5.97. The zero-order valence-electron chi connectivity index (χ0n) is 10.5. The molecular formula is C14H18N2S. The largest absolute Gasteiger partial charge is 0.355 e. The summed E-state index contributed by atoms with van der Waals surface area (Å²) in [5, 5.41) is 6.59. The van der Waals surface area contributed by atoms with E-state index in [1.165, 1.54) is 11.1 Å². The molecule has 0 saturated carbocycles. The van der Waals surface area contributed by atoms with Crippen molar-refractivity contribution in [3.05, 3.63) is 46.5 Å². The van der Waals surface area contributed by atoms with Crippen molar-refractivity contribution >= 4 is 16.5 Å². The number of anilines is 1. The molecule has 0 spiro atoms. The first kappa shape index (κ1) is 12.1. The molecule has 0 saturated heterocycles. The Morgan fingerprint density at radius 1 is 1.35 bits per heavy atom. The van der Waals surface area contributed by atoms with Gasteiger partial charge in [-0.05, 0) is 31.4 Å². The fraction of sp³-hybridized carbons (Fsp3) is 0.357. The second kappa shape index (κ2) is 5.32. The smallest absolute Gasteiger partial charge is 0.183 e. The Bertz CT molecular complexity index is 490. The lowest BCUT2D eigenvalue weighted by molar-refractivity contribution is 0.868. The van der Waals surface area contributed by atoms with Crippen molar-refractivity contribution in [3.8, 4) is 0 Å². The summed E-state index contributed by atoms with van der Waals surface area (Å²) in [5.41, 5.74) is 3.81. The molecule has 1 atom stereocenters. The van der Waals surface area contributed by atoms with E-state index >= 15 is 0 Å². The number of aromatic nitrogens is 1. The summed E-state index contributed by atoms with van der Waals surface area (Å²) in [6, 6.07) is 8.77. The van der Waals surface area contributed by atoms with Crippen LogP contribution in [0.25, 0.3) is 0 Å². The number of rotatable bonds is 4. The van der Waals surface area contributed by atoms with Crippen molar-refractivity contribution in [3.63, 3.8) is 0 Å². The fourth-order valence-electron chi connectivity index (χ4n) is 1.87. The van der Waals surface area contributed by atoms with Crippen LogP contribution >= 0.6 is 11.3 Å². The van der Waals surface area contributed by atoms with Gasteiger partial charge in [-0.15, -0.1) is 11.3 Å². The van der Waals surface area contributed by atoms with Gasteiger partial charge in [0.25, 0.3) is 0 Å². The van der Waals surface area contributed by atoms with Crippen molar-refractivity contribution in [2.75, 3.05) is 5.32 Å². The Balaban J connectivity index is 2.11. The third-order valence-electron chi connectivity index (χ3n) is 2.91.